The van der Waals surface area contributed by atoms with Crippen LogP contribution in [0.4, 0.5) is 0 Å². The predicted molar refractivity (Wildman–Crippen MR) is 103 cm³/mol. The molecule has 2 aromatic heterocycles. The van der Waals surface area contributed by atoms with Gasteiger partial charge < -0.3 is 4.74 Å². The summed E-state index contributed by atoms with van der Waals surface area (Å²) in [4.78, 5) is 28.8. The minimum atomic E-state index is -3.57. The molecule has 0 N–H and O–H groups in total. The standard InChI is InChI=1S/C19H19N3O5S/c1-13-4-9-17-20-15(10-18(23)22(17)11-13)12-27-19(24)14-5-7-16(8-6-14)28(25,26)21(2)3/h4-11H,12H2,1-3H3. The summed E-state index contributed by atoms with van der Waals surface area (Å²) >= 11 is 0. The number of hydrogen-bond acceptors (Lipinski definition) is 6. The zero-order chi connectivity index (χ0) is 20.5. The molecule has 2 heterocycles. The molecular formula is C19H19N3O5S. The average molecular weight is 401 g/mol. The van der Waals surface area contributed by atoms with Crippen molar-refractivity contribution >= 4 is 21.6 Å². The number of esters is 1. The van der Waals surface area contributed by atoms with Gasteiger partial charge in [-0.3, -0.25) is 9.20 Å². The molecule has 0 aliphatic heterocycles. The molecule has 0 saturated carbocycles. The lowest BCUT2D eigenvalue weighted by atomic mass is 10.2. The second-order valence-corrected chi connectivity index (χ2v) is 8.56. The molecule has 0 fully saturated rings. The Kier molecular flexibility index (Phi) is 5.30. The predicted octanol–water partition coefficient (Wildman–Crippen LogP) is 1.61. The Morgan fingerprint density at radius 3 is 2.46 bits per heavy atom. The molecule has 0 atom stereocenters. The van der Waals surface area contributed by atoms with Crippen molar-refractivity contribution in [2.24, 2.45) is 0 Å². The molecule has 0 aliphatic rings. The number of ether oxygens (including phenoxy) is 1. The van der Waals surface area contributed by atoms with E-state index in [1.807, 2.05) is 13.0 Å². The van der Waals surface area contributed by atoms with E-state index in [0.717, 1.165) is 9.87 Å². The van der Waals surface area contributed by atoms with Gasteiger partial charge in [0.2, 0.25) is 10.0 Å². The van der Waals surface area contributed by atoms with Gasteiger partial charge in [0, 0.05) is 26.4 Å². The van der Waals surface area contributed by atoms with Gasteiger partial charge in [-0.05, 0) is 42.8 Å². The molecule has 28 heavy (non-hydrogen) atoms. The summed E-state index contributed by atoms with van der Waals surface area (Å²) in [5.41, 5.74) is 1.65. The second-order valence-electron chi connectivity index (χ2n) is 6.41. The molecule has 9 heteroatoms. The number of pyridine rings is 1. The van der Waals surface area contributed by atoms with Crippen molar-refractivity contribution < 1.29 is 17.9 Å². The molecule has 0 spiro atoms. The zero-order valence-corrected chi connectivity index (χ0v) is 16.4. The van der Waals surface area contributed by atoms with Crippen molar-refractivity contribution in [3.05, 3.63) is 75.8 Å². The third-order valence-electron chi connectivity index (χ3n) is 4.08. The van der Waals surface area contributed by atoms with Crippen molar-refractivity contribution in [3.63, 3.8) is 0 Å². The van der Waals surface area contributed by atoms with Gasteiger partial charge in [-0.15, -0.1) is 0 Å². The van der Waals surface area contributed by atoms with Gasteiger partial charge in [0.1, 0.15) is 12.3 Å². The first-order chi connectivity index (χ1) is 13.2. The third kappa shape index (κ3) is 3.95. The van der Waals surface area contributed by atoms with Gasteiger partial charge in [-0.2, -0.15) is 0 Å². The summed E-state index contributed by atoms with van der Waals surface area (Å²) in [7, 11) is -0.712. The molecule has 0 aliphatic carbocycles. The number of aromatic nitrogens is 2. The normalized spacial score (nSPS) is 11.7. The maximum atomic E-state index is 12.2. The summed E-state index contributed by atoms with van der Waals surface area (Å²) < 4.78 is 31.8. The Morgan fingerprint density at radius 2 is 1.82 bits per heavy atom. The molecule has 146 valence electrons. The van der Waals surface area contributed by atoms with Crippen molar-refractivity contribution in [1.82, 2.24) is 13.7 Å². The number of hydrogen-bond donors (Lipinski definition) is 0. The lowest BCUT2D eigenvalue weighted by Gasteiger charge is -2.11. The number of carbonyl (C=O) groups excluding carboxylic acids is 1. The lowest BCUT2D eigenvalue weighted by Crippen LogP contribution is -2.22. The highest BCUT2D eigenvalue weighted by atomic mass is 32.2. The van der Waals surface area contributed by atoms with Crippen LogP contribution in [-0.4, -0.2) is 42.2 Å². The van der Waals surface area contributed by atoms with Crippen LogP contribution in [0.3, 0.4) is 0 Å². The van der Waals surface area contributed by atoms with E-state index in [1.54, 1.807) is 12.3 Å². The summed E-state index contributed by atoms with van der Waals surface area (Å²) in [6.07, 6.45) is 1.68. The Bertz CT molecular complexity index is 1200. The van der Waals surface area contributed by atoms with Gasteiger partial charge >= 0.3 is 5.97 Å². The largest absolute Gasteiger partial charge is 0.456 e. The first-order valence-corrected chi connectivity index (χ1v) is 9.81. The summed E-state index contributed by atoms with van der Waals surface area (Å²) in [6.45, 7) is 1.70. The maximum absolute atomic E-state index is 12.2. The highest BCUT2D eigenvalue weighted by Crippen LogP contribution is 2.15. The van der Waals surface area contributed by atoms with Gasteiger partial charge in [0.15, 0.2) is 0 Å². The van der Waals surface area contributed by atoms with E-state index >= 15 is 0 Å². The second kappa shape index (κ2) is 7.53. The van der Waals surface area contributed by atoms with Crippen molar-refractivity contribution in [1.29, 1.82) is 0 Å². The number of carbonyl (C=O) groups is 1. The smallest absolute Gasteiger partial charge is 0.338 e. The third-order valence-corrected chi connectivity index (χ3v) is 5.91. The van der Waals surface area contributed by atoms with E-state index in [-0.39, 0.29) is 22.6 Å². The Labute approximate surface area is 162 Å². The fraction of sp³-hybridized carbons (Fsp3) is 0.211. The van der Waals surface area contributed by atoms with Crippen LogP contribution in [0.1, 0.15) is 21.6 Å². The minimum absolute atomic E-state index is 0.0774. The highest BCUT2D eigenvalue weighted by Gasteiger charge is 2.18. The minimum Gasteiger partial charge on any atom is -0.456 e. The van der Waals surface area contributed by atoms with Crippen LogP contribution in [0.5, 0.6) is 0 Å². The maximum Gasteiger partial charge on any atom is 0.338 e. The first-order valence-electron chi connectivity index (χ1n) is 8.37. The van der Waals surface area contributed by atoms with E-state index in [0.29, 0.717) is 11.3 Å². The SMILES string of the molecule is Cc1ccc2nc(COC(=O)c3ccc(S(=O)(=O)N(C)C)cc3)cc(=O)n2c1. The van der Waals surface area contributed by atoms with Gasteiger partial charge in [0.05, 0.1) is 16.2 Å². The Morgan fingerprint density at radius 1 is 1.14 bits per heavy atom. The van der Waals surface area contributed by atoms with Crippen molar-refractivity contribution in [3.8, 4) is 0 Å². The number of nitrogens with zero attached hydrogens (tertiary/aromatic N) is 3. The summed E-state index contributed by atoms with van der Waals surface area (Å²) in [5, 5.41) is 0. The molecule has 3 aromatic rings. The molecular weight excluding hydrogens is 382 g/mol. The van der Waals surface area contributed by atoms with E-state index < -0.39 is 16.0 Å². The lowest BCUT2D eigenvalue weighted by molar-refractivity contribution is 0.0467. The van der Waals surface area contributed by atoms with Gasteiger partial charge in [-0.1, -0.05) is 6.07 Å². The fourth-order valence-corrected chi connectivity index (χ4v) is 3.43. The molecule has 0 radical (unpaired) electrons. The number of rotatable bonds is 5. The highest BCUT2D eigenvalue weighted by molar-refractivity contribution is 7.89. The molecule has 1 aromatic carbocycles. The molecule has 3 rings (SSSR count). The van der Waals surface area contributed by atoms with Crippen molar-refractivity contribution in [2.75, 3.05) is 14.1 Å². The summed E-state index contributed by atoms with van der Waals surface area (Å²) in [6, 6.07) is 10.3. The molecule has 0 unspecified atom stereocenters. The van der Waals surface area contributed by atoms with Crippen LogP contribution in [0.15, 0.2) is 58.4 Å². The quantitative estimate of drug-likeness (QED) is 0.603. The number of sulfonamides is 1. The topological polar surface area (TPSA) is 98.0 Å². The molecule has 0 saturated heterocycles. The van der Waals surface area contributed by atoms with E-state index in [9.17, 15) is 18.0 Å². The Hall–Kier alpha value is -3.04. The van der Waals surface area contributed by atoms with Crippen LogP contribution in [0.2, 0.25) is 0 Å². The van der Waals surface area contributed by atoms with E-state index in [4.69, 9.17) is 4.74 Å². The molecule has 8 nitrogen and oxygen atoms in total. The zero-order valence-electron chi connectivity index (χ0n) is 15.6. The number of benzene rings is 1. The van der Waals surface area contributed by atoms with Crippen LogP contribution in [0, 0.1) is 6.92 Å². The number of fused-ring (bicyclic) bond motifs is 1. The Balaban J connectivity index is 1.75. The number of aryl methyl sites for hydroxylation is 1. The molecule has 0 bridgehead atoms. The van der Waals surface area contributed by atoms with Gasteiger partial charge in [0.25, 0.3) is 5.56 Å². The van der Waals surface area contributed by atoms with Crippen LogP contribution in [-0.2, 0) is 21.4 Å². The monoisotopic (exact) mass is 401 g/mol. The van der Waals surface area contributed by atoms with Crippen LogP contribution < -0.4 is 5.56 Å². The average Bonchev–Trinajstić information content (AvgIpc) is 2.66. The van der Waals surface area contributed by atoms with Crippen LogP contribution in [0.25, 0.3) is 5.65 Å². The van der Waals surface area contributed by atoms with E-state index in [2.05, 4.69) is 4.98 Å². The van der Waals surface area contributed by atoms with Gasteiger partial charge in [-0.25, -0.2) is 22.5 Å². The van der Waals surface area contributed by atoms with Crippen LogP contribution >= 0.6 is 0 Å². The fourth-order valence-electron chi connectivity index (χ4n) is 2.53. The van der Waals surface area contributed by atoms with E-state index in [1.165, 1.54) is 48.8 Å². The summed E-state index contributed by atoms with van der Waals surface area (Å²) in [5.74, 6) is -0.639. The van der Waals surface area contributed by atoms with Crippen molar-refractivity contribution in [2.45, 2.75) is 18.4 Å². The molecule has 0 amide bonds. The first kappa shape index (κ1) is 19.7.